The lowest BCUT2D eigenvalue weighted by Crippen LogP contribution is -2.46. The van der Waals surface area contributed by atoms with Crippen molar-refractivity contribution in [3.05, 3.63) is 0 Å². The number of rotatable bonds is 0. The van der Waals surface area contributed by atoms with E-state index in [2.05, 4.69) is 25.2 Å². The second-order valence-corrected chi connectivity index (χ2v) is 1.23. The van der Waals surface area contributed by atoms with Crippen LogP contribution in [0.3, 0.4) is 0 Å². The van der Waals surface area contributed by atoms with Gasteiger partial charge in [-0.3, -0.25) is 10.9 Å². The number of nitrogens with one attached hydrogen (secondary N) is 2. The minimum atomic E-state index is 0.958. The second-order valence-electron chi connectivity index (χ2n) is 1.23. The normalized spacial score (nSPS) is 21.3. The summed E-state index contributed by atoms with van der Waals surface area (Å²) < 4.78 is 0. The van der Waals surface area contributed by atoms with Crippen LogP contribution in [-0.2, 0) is 0 Å². The second kappa shape index (κ2) is 2.26. The molecule has 1 saturated heterocycles. The van der Waals surface area contributed by atoms with E-state index >= 15 is 0 Å². The summed E-state index contributed by atoms with van der Waals surface area (Å²) in [7, 11) is 4.19. The Bertz CT molecular complexity index is 25.0. The van der Waals surface area contributed by atoms with Gasteiger partial charge in [0.15, 0.2) is 0 Å². The average Bonchev–Trinajstić information content (AvgIpc) is 1.72. The third kappa shape index (κ3) is 1.03. The first-order chi connectivity index (χ1) is 3.00. The van der Waals surface area contributed by atoms with Crippen LogP contribution in [-0.4, -0.2) is 27.2 Å². The maximum absolute atomic E-state index is 2.95. The number of hydrazine groups is 1. The van der Waals surface area contributed by atoms with Crippen molar-refractivity contribution in [1.82, 2.24) is 10.9 Å². The summed E-state index contributed by atoms with van der Waals surface area (Å²) in [5.74, 6) is 0. The minimum absolute atomic E-state index is 0.958. The van der Waals surface area contributed by atoms with E-state index in [1.807, 2.05) is 0 Å². The zero-order valence-electron chi connectivity index (χ0n) is 3.57. The largest absolute Gasteiger partial charge is 0.267 e. The van der Waals surface area contributed by atoms with Crippen molar-refractivity contribution in [1.29, 1.82) is 0 Å². The van der Waals surface area contributed by atoms with Crippen LogP contribution in [0.15, 0.2) is 0 Å². The molecule has 0 aromatic rings. The Balaban J connectivity index is 2.00. The molecule has 0 amide bonds. The lowest BCUT2D eigenvalue weighted by atomic mass is 9.39. The highest BCUT2D eigenvalue weighted by molar-refractivity contribution is 7.01. The van der Waals surface area contributed by atoms with E-state index in [-0.39, 0.29) is 0 Å². The summed E-state index contributed by atoms with van der Waals surface area (Å²) in [6.45, 7) is 0. The first-order valence-electron chi connectivity index (χ1n) is 2.11. The van der Waals surface area contributed by atoms with E-state index in [9.17, 15) is 0 Å². The highest BCUT2D eigenvalue weighted by atomic mass is 15.3. The summed E-state index contributed by atoms with van der Waals surface area (Å²) in [6.07, 6.45) is 1.92. The third-order valence-corrected chi connectivity index (χ3v) is 0.731. The van der Waals surface area contributed by atoms with Crippen molar-refractivity contribution >= 4 is 14.3 Å². The van der Waals surface area contributed by atoms with Crippen molar-refractivity contribution in [3.63, 3.8) is 0 Å². The SMILES string of the molecule is [B]1[B]CNNC1. The molecule has 1 heterocycles. The summed E-state index contributed by atoms with van der Waals surface area (Å²) in [5, 5.41) is 0. The van der Waals surface area contributed by atoms with Gasteiger partial charge in [-0.05, 0) is 12.9 Å². The Labute approximate surface area is 39.1 Å². The summed E-state index contributed by atoms with van der Waals surface area (Å²) in [5.41, 5.74) is 5.90. The smallest absolute Gasteiger partial charge is 0.0879 e. The molecule has 2 N–H and O–H groups in total. The third-order valence-electron chi connectivity index (χ3n) is 0.731. The first-order valence-corrected chi connectivity index (χ1v) is 2.11. The van der Waals surface area contributed by atoms with Gasteiger partial charge < -0.3 is 0 Å². The molecule has 0 spiro atoms. The highest BCUT2D eigenvalue weighted by Crippen LogP contribution is 1.60. The Morgan fingerprint density at radius 2 is 1.50 bits per heavy atom. The van der Waals surface area contributed by atoms with Gasteiger partial charge in [0.25, 0.3) is 0 Å². The van der Waals surface area contributed by atoms with Gasteiger partial charge in [-0.15, -0.1) is 0 Å². The van der Waals surface area contributed by atoms with Crippen molar-refractivity contribution in [2.24, 2.45) is 0 Å². The molecule has 0 atom stereocenters. The van der Waals surface area contributed by atoms with Gasteiger partial charge in [-0.2, -0.15) is 0 Å². The molecule has 0 aliphatic carbocycles. The number of hydrogen-bond donors (Lipinski definition) is 2. The van der Waals surface area contributed by atoms with Gasteiger partial charge in [0, 0.05) is 0 Å². The Kier molecular flexibility index (Phi) is 1.59. The molecule has 1 fully saturated rings. The van der Waals surface area contributed by atoms with Gasteiger partial charge in [0.2, 0.25) is 0 Å². The maximum atomic E-state index is 2.95. The lowest BCUT2D eigenvalue weighted by Gasteiger charge is -2.09. The van der Waals surface area contributed by atoms with Crippen molar-refractivity contribution < 1.29 is 0 Å². The Morgan fingerprint density at radius 3 is 1.67 bits per heavy atom. The van der Waals surface area contributed by atoms with Gasteiger partial charge in [-0.1, -0.05) is 0 Å². The summed E-state index contributed by atoms with van der Waals surface area (Å²) >= 11 is 0. The van der Waals surface area contributed by atoms with E-state index < -0.39 is 0 Å². The van der Waals surface area contributed by atoms with Crippen LogP contribution in [0, 0.1) is 0 Å². The zero-order valence-corrected chi connectivity index (χ0v) is 3.57. The molecule has 2 nitrogen and oxygen atoms in total. The lowest BCUT2D eigenvalue weighted by molar-refractivity contribution is 0.639. The maximum Gasteiger partial charge on any atom is 0.0879 e. The molecule has 1 aliphatic rings. The van der Waals surface area contributed by atoms with Crippen molar-refractivity contribution in [3.8, 4) is 0 Å². The monoisotopic (exact) mass is 80.1 g/mol. The quantitative estimate of drug-likeness (QED) is 0.340. The van der Waals surface area contributed by atoms with Crippen LogP contribution in [0.2, 0.25) is 0 Å². The molecule has 0 aromatic carbocycles. The van der Waals surface area contributed by atoms with E-state index in [0.717, 1.165) is 12.9 Å². The zero-order chi connectivity index (χ0) is 4.24. The predicted molar refractivity (Wildman–Crippen MR) is 27.5 cm³/mol. The topological polar surface area (TPSA) is 24.1 Å². The highest BCUT2D eigenvalue weighted by Gasteiger charge is 1.95. The molecule has 30 valence electrons. The van der Waals surface area contributed by atoms with Crippen LogP contribution < -0.4 is 10.9 Å². The van der Waals surface area contributed by atoms with Gasteiger partial charge in [-0.25, -0.2) is 0 Å². The fourth-order valence-corrected chi connectivity index (χ4v) is 0.429. The Morgan fingerprint density at radius 1 is 1.00 bits per heavy atom. The fraction of sp³-hybridized carbons (Fsp3) is 1.00. The first kappa shape index (κ1) is 4.22. The molecule has 6 heavy (non-hydrogen) atoms. The minimum Gasteiger partial charge on any atom is -0.267 e. The molecule has 1 aliphatic heterocycles. The Hall–Kier alpha value is 0.0499. The van der Waals surface area contributed by atoms with Crippen molar-refractivity contribution in [2.45, 2.75) is 0 Å². The summed E-state index contributed by atoms with van der Waals surface area (Å²) in [6, 6.07) is 0. The summed E-state index contributed by atoms with van der Waals surface area (Å²) in [4.78, 5) is 0. The van der Waals surface area contributed by atoms with Gasteiger partial charge >= 0.3 is 0 Å². The van der Waals surface area contributed by atoms with Crippen LogP contribution in [0.4, 0.5) is 0 Å². The fourth-order valence-electron chi connectivity index (χ4n) is 0.429. The van der Waals surface area contributed by atoms with Crippen LogP contribution in [0.1, 0.15) is 0 Å². The standard InChI is InChI=1S/C2H6B2N2/c1-3-4-2-6-5-1/h5-6H,1-2H2. The van der Waals surface area contributed by atoms with Crippen LogP contribution in [0.5, 0.6) is 0 Å². The molecule has 0 aromatic heterocycles. The van der Waals surface area contributed by atoms with Gasteiger partial charge in [0.05, 0.1) is 14.3 Å². The van der Waals surface area contributed by atoms with E-state index in [4.69, 9.17) is 0 Å². The molecule has 4 heteroatoms. The van der Waals surface area contributed by atoms with E-state index in [1.54, 1.807) is 0 Å². The van der Waals surface area contributed by atoms with Crippen LogP contribution >= 0.6 is 0 Å². The molecule has 0 bridgehead atoms. The van der Waals surface area contributed by atoms with Crippen molar-refractivity contribution in [2.75, 3.05) is 12.9 Å². The molecule has 2 radical (unpaired) electrons. The van der Waals surface area contributed by atoms with E-state index in [0.29, 0.717) is 0 Å². The predicted octanol–water partition coefficient (Wildman–Crippen LogP) is -1.67. The molecule has 0 saturated carbocycles. The molecule has 1 rings (SSSR count). The molecular formula is C2H6B2N2. The van der Waals surface area contributed by atoms with Crippen LogP contribution in [0.25, 0.3) is 0 Å². The van der Waals surface area contributed by atoms with Gasteiger partial charge in [0.1, 0.15) is 0 Å². The average molecular weight is 79.7 g/mol. The molecule has 0 unspecified atom stereocenters. The molecular weight excluding hydrogens is 73.7 g/mol. The van der Waals surface area contributed by atoms with E-state index in [1.165, 1.54) is 0 Å². The number of hydrogen-bond acceptors (Lipinski definition) is 2.